The van der Waals surface area contributed by atoms with Crippen molar-refractivity contribution in [2.45, 2.75) is 18.9 Å². The van der Waals surface area contributed by atoms with Crippen molar-refractivity contribution in [1.82, 2.24) is 10.7 Å². The fourth-order valence-corrected chi connectivity index (χ4v) is 3.23. The van der Waals surface area contributed by atoms with Gasteiger partial charge in [0.2, 0.25) is 0 Å². The van der Waals surface area contributed by atoms with E-state index < -0.39 is 11.8 Å². The number of ether oxygens (including phenoxy) is 3. The molecule has 3 amide bonds. The number of carbonyl (C=O) groups excluding carboxylic acids is 3. The van der Waals surface area contributed by atoms with Crippen LogP contribution in [-0.4, -0.2) is 56.9 Å². The number of benzene rings is 2. The molecule has 2 aromatic carbocycles. The van der Waals surface area contributed by atoms with E-state index >= 15 is 0 Å². The fraction of sp³-hybridized carbons (Fsp3) is 0.304. The number of halogens is 1. The number of hydrazone groups is 1. The third kappa shape index (κ3) is 7.75. The molecule has 10 nitrogen and oxygen atoms in total. The highest BCUT2D eigenvalue weighted by molar-refractivity contribution is 6.40. The van der Waals surface area contributed by atoms with Crippen LogP contribution in [0.4, 0.5) is 5.69 Å². The van der Waals surface area contributed by atoms with Crippen LogP contribution in [0.25, 0.3) is 0 Å². The largest absolute Gasteiger partial charge is 0.495 e. The molecule has 1 aliphatic rings. The summed E-state index contributed by atoms with van der Waals surface area (Å²) in [6.07, 6.45) is 3.41. The van der Waals surface area contributed by atoms with Gasteiger partial charge in [-0.05, 0) is 60.9 Å². The maximum Gasteiger partial charge on any atom is 0.329 e. The highest BCUT2D eigenvalue weighted by Crippen LogP contribution is 2.27. The molecule has 0 radical (unpaired) electrons. The van der Waals surface area contributed by atoms with Gasteiger partial charge in [-0.1, -0.05) is 11.6 Å². The molecule has 1 heterocycles. The molecule has 0 aliphatic carbocycles. The van der Waals surface area contributed by atoms with E-state index in [-0.39, 0.29) is 24.3 Å². The van der Waals surface area contributed by atoms with Crippen molar-refractivity contribution in [3.05, 3.63) is 53.1 Å². The Morgan fingerprint density at radius 2 is 1.97 bits per heavy atom. The molecular formula is C23H25ClN4O6. The number of methoxy groups -OCH3 is 1. The molecule has 34 heavy (non-hydrogen) atoms. The number of hydrogen-bond donors (Lipinski definition) is 3. The molecule has 180 valence electrons. The minimum Gasteiger partial charge on any atom is -0.495 e. The Balaban J connectivity index is 1.41. The van der Waals surface area contributed by atoms with Crippen LogP contribution >= 0.6 is 11.6 Å². The van der Waals surface area contributed by atoms with E-state index in [1.54, 1.807) is 36.4 Å². The topological polar surface area (TPSA) is 127 Å². The van der Waals surface area contributed by atoms with E-state index in [1.807, 2.05) is 0 Å². The summed E-state index contributed by atoms with van der Waals surface area (Å²) in [6.45, 7) is 1.11. The lowest BCUT2D eigenvalue weighted by molar-refractivity contribution is -0.136. The minimum absolute atomic E-state index is 0.0775. The monoisotopic (exact) mass is 488 g/mol. The molecule has 3 N–H and O–H groups in total. The molecule has 1 saturated heterocycles. The van der Waals surface area contributed by atoms with Crippen LogP contribution in [0.5, 0.6) is 11.5 Å². The van der Waals surface area contributed by atoms with E-state index in [4.69, 9.17) is 25.8 Å². The maximum atomic E-state index is 12.1. The molecule has 0 saturated carbocycles. The average molecular weight is 489 g/mol. The Bertz CT molecular complexity index is 1040. The molecule has 3 rings (SSSR count). The zero-order valence-electron chi connectivity index (χ0n) is 18.5. The van der Waals surface area contributed by atoms with Crippen molar-refractivity contribution in [1.29, 1.82) is 0 Å². The zero-order valence-corrected chi connectivity index (χ0v) is 19.3. The zero-order chi connectivity index (χ0) is 24.3. The lowest BCUT2D eigenvalue weighted by Crippen LogP contribution is -2.35. The first-order chi connectivity index (χ1) is 16.4. The standard InChI is InChI=1S/C23H25ClN4O6/c1-32-20-9-6-16(24)11-19(20)27-22(30)23(31)28-26-12-15-4-7-17(8-5-15)34-14-21(29)25-13-18-3-2-10-33-18/h4-9,11-12,18H,2-3,10,13-14H2,1H3,(H,25,29)(H,27,30)(H,28,31)/b26-12-/t18-/m0/s1. The average Bonchev–Trinajstić information content (AvgIpc) is 3.36. The van der Waals surface area contributed by atoms with Gasteiger partial charge >= 0.3 is 11.8 Å². The van der Waals surface area contributed by atoms with Crippen molar-refractivity contribution >= 4 is 41.2 Å². The van der Waals surface area contributed by atoms with Crippen LogP contribution in [0.3, 0.4) is 0 Å². The van der Waals surface area contributed by atoms with Crippen molar-refractivity contribution in [2.75, 3.05) is 32.2 Å². The normalized spacial score (nSPS) is 15.1. The molecule has 1 aliphatic heterocycles. The molecular weight excluding hydrogens is 464 g/mol. The number of carbonyl (C=O) groups is 3. The predicted octanol–water partition coefficient (Wildman–Crippen LogP) is 2.11. The summed E-state index contributed by atoms with van der Waals surface area (Å²) in [7, 11) is 1.43. The minimum atomic E-state index is -0.966. The van der Waals surface area contributed by atoms with E-state index in [0.29, 0.717) is 28.6 Å². The Morgan fingerprint density at radius 1 is 1.18 bits per heavy atom. The van der Waals surface area contributed by atoms with Gasteiger partial charge in [-0.25, -0.2) is 5.43 Å². The first-order valence-corrected chi connectivity index (χ1v) is 10.9. The van der Waals surface area contributed by atoms with Gasteiger partial charge in [0.25, 0.3) is 5.91 Å². The summed E-state index contributed by atoms with van der Waals surface area (Å²) in [6, 6.07) is 11.3. The van der Waals surface area contributed by atoms with Gasteiger partial charge in [0.05, 0.1) is 25.1 Å². The first kappa shape index (κ1) is 25.0. The van der Waals surface area contributed by atoms with Crippen molar-refractivity contribution in [3.63, 3.8) is 0 Å². The second kappa shape index (κ2) is 12.6. The second-order valence-corrected chi connectivity index (χ2v) is 7.73. The van der Waals surface area contributed by atoms with Gasteiger partial charge in [0.1, 0.15) is 11.5 Å². The molecule has 0 spiro atoms. The third-order valence-electron chi connectivity index (χ3n) is 4.80. The van der Waals surface area contributed by atoms with Crippen LogP contribution in [0.2, 0.25) is 5.02 Å². The fourth-order valence-electron chi connectivity index (χ4n) is 3.06. The van der Waals surface area contributed by atoms with Gasteiger partial charge in [-0.15, -0.1) is 0 Å². The van der Waals surface area contributed by atoms with Gasteiger partial charge < -0.3 is 24.8 Å². The summed E-state index contributed by atoms with van der Waals surface area (Å²) in [5.74, 6) is -1.26. The quantitative estimate of drug-likeness (QED) is 0.282. The van der Waals surface area contributed by atoms with Crippen LogP contribution < -0.4 is 25.5 Å². The number of rotatable bonds is 9. The summed E-state index contributed by atoms with van der Waals surface area (Å²) >= 11 is 5.91. The second-order valence-electron chi connectivity index (χ2n) is 7.29. The van der Waals surface area contributed by atoms with Crippen molar-refractivity contribution in [2.24, 2.45) is 5.10 Å². The van der Waals surface area contributed by atoms with E-state index in [2.05, 4.69) is 21.2 Å². The summed E-state index contributed by atoms with van der Waals surface area (Å²) < 4.78 is 16.0. The Kier molecular flexibility index (Phi) is 9.24. The Morgan fingerprint density at radius 3 is 2.68 bits per heavy atom. The third-order valence-corrected chi connectivity index (χ3v) is 5.03. The predicted molar refractivity (Wildman–Crippen MR) is 126 cm³/mol. The van der Waals surface area contributed by atoms with E-state index in [1.165, 1.54) is 19.4 Å². The first-order valence-electron chi connectivity index (χ1n) is 10.5. The number of anilines is 1. The molecule has 0 unspecified atom stereocenters. The van der Waals surface area contributed by atoms with E-state index in [9.17, 15) is 14.4 Å². The molecule has 11 heteroatoms. The molecule has 1 atom stereocenters. The van der Waals surface area contributed by atoms with Crippen LogP contribution in [0, 0.1) is 0 Å². The number of hydrogen-bond acceptors (Lipinski definition) is 7. The Labute approximate surface area is 201 Å². The highest BCUT2D eigenvalue weighted by Gasteiger charge is 2.17. The van der Waals surface area contributed by atoms with Gasteiger partial charge in [-0.3, -0.25) is 14.4 Å². The van der Waals surface area contributed by atoms with Crippen molar-refractivity contribution < 1.29 is 28.6 Å². The van der Waals surface area contributed by atoms with Crippen LogP contribution in [-0.2, 0) is 19.1 Å². The summed E-state index contributed by atoms with van der Waals surface area (Å²) in [4.78, 5) is 35.9. The summed E-state index contributed by atoms with van der Waals surface area (Å²) in [5.41, 5.74) is 3.05. The lowest BCUT2D eigenvalue weighted by Gasteiger charge is -2.11. The summed E-state index contributed by atoms with van der Waals surface area (Å²) in [5, 5.41) is 9.34. The van der Waals surface area contributed by atoms with Crippen LogP contribution in [0.1, 0.15) is 18.4 Å². The molecule has 0 aromatic heterocycles. The van der Waals surface area contributed by atoms with Crippen molar-refractivity contribution in [3.8, 4) is 11.5 Å². The van der Waals surface area contributed by atoms with E-state index in [0.717, 1.165) is 19.4 Å². The SMILES string of the molecule is COc1ccc(Cl)cc1NC(=O)C(=O)N/N=C\c1ccc(OCC(=O)NC[C@@H]2CCCO2)cc1. The number of nitrogens with one attached hydrogen (secondary N) is 3. The van der Waals surface area contributed by atoms with Gasteiger partial charge in [0.15, 0.2) is 6.61 Å². The highest BCUT2D eigenvalue weighted by atomic mass is 35.5. The smallest absolute Gasteiger partial charge is 0.329 e. The maximum absolute atomic E-state index is 12.1. The Hall–Kier alpha value is -3.63. The van der Waals surface area contributed by atoms with Gasteiger partial charge in [-0.2, -0.15) is 5.10 Å². The molecule has 2 aromatic rings. The number of amides is 3. The van der Waals surface area contributed by atoms with Gasteiger partial charge in [0, 0.05) is 18.2 Å². The molecule has 1 fully saturated rings. The van der Waals surface area contributed by atoms with Crippen LogP contribution in [0.15, 0.2) is 47.6 Å². The number of nitrogens with zero attached hydrogens (tertiary/aromatic N) is 1. The molecule has 0 bridgehead atoms. The lowest BCUT2D eigenvalue weighted by atomic mass is 10.2.